The van der Waals surface area contributed by atoms with Crippen molar-refractivity contribution in [2.45, 2.75) is 52.9 Å². The van der Waals surface area contributed by atoms with Crippen LogP contribution in [0.25, 0.3) is 0 Å². The van der Waals surface area contributed by atoms with Gasteiger partial charge >= 0.3 is 5.97 Å². The number of esters is 1. The Morgan fingerprint density at radius 1 is 1.16 bits per heavy atom. The fourth-order valence-electron chi connectivity index (χ4n) is 2.43. The van der Waals surface area contributed by atoms with E-state index in [1.54, 1.807) is 20.8 Å². The van der Waals surface area contributed by atoms with Crippen molar-refractivity contribution in [1.29, 1.82) is 0 Å². The fraction of sp³-hybridized carbons (Fsp3) is 0.800. The second-order valence-corrected chi connectivity index (χ2v) is 6.34. The van der Waals surface area contributed by atoms with Crippen LogP contribution in [0.2, 0.25) is 0 Å². The molecule has 0 aromatic heterocycles. The number of methoxy groups -OCH3 is 1. The zero-order valence-electron chi connectivity index (χ0n) is 12.3. The molecule has 1 unspecified atom stereocenters. The van der Waals surface area contributed by atoms with Crippen LogP contribution in [0.4, 0.5) is 0 Å². The first-order valence-electron chi connectivity index (χ1n) is 6.92. The lowest BCUT2D eigenvalue weighted by Crippen LogP contribution is -2.34. The molecule has 4 heteroatoms. The zero-order valence-corrected chi connectivity index (χ0v) is 12.3. The Bertz CT molecular complexity index is 359. The Hall–Kier alpha value is -1.19. The molecule has 108 valence electrons. The van der Waals surface area contributed by atoms with Crippen LogP contribution >= 0.6 is 0 Å². The van der Waals surface area contributed by atoms with E-state index in [9.17, 15) is 14.4 Å². The topological polar surface area (TPSA) is 60.4 Å². The third-order valence-corrected chi connectivity index (χ3v) is 3.81. The van der Waals surface area contributed by atoms with Crippen LogP contribution in [0.1, 0.15) is 52.9 Å². The Labute approximate surface area is 114 Å². The van der Waals surface area contributed by atoms with Gasteiger partial charge in [-0.2, -0.15) is 0 Å². The van der Waals surface area contributed by atoms with Crippen LogP contribution < -0.4 is 0 Å². The van der Waals surface area contributed by atoms with E-state index in [0.29, 0.717) is 0 Å². The number of hydrogen-bond donors (Lipinski definition) is 0. The molecule has 0 N–H and O–H groups in total. The highest BCUT2D eigenvalue weighted by molar-refractivity contribution is 6.04. The molecule has 0 heterocycles. The average molecular weight is 268 g/mol. The van der Waals surface area contributed by atoms with Crippen LogP contribution in [0, 0.1) is 17.3 Å². The molecule has 1 fully saturated rings. The highest BCUT2D eigenvalue weighted by Crippen LogP contribution is 2.30. The first-order chi connectivity index (χ1) is 8.77. The standard InChI is InChI=1S/C15H24O4/c1-15(2,3)12(16)9-11(14(18)19-4)13(17)10-7-5-6-8-10/h10-11H,5-9H2,1-4H3. The lowest BCUT2D eigenvalue weighted by molar-refractivity contribution is -0.153. The van der Waals surface area contributed by atoms with E-state index in [2.05, 4.69) is 0 Å². The maximum absolute atomic E-state index is 12.4. The van der Waals surface area contributed by atoms with E-state index in [1.807, 2.05) is 0 Å². The molecule has 0 amide bonds. The highest BCUT2D eigenvalue weighted by Gasteiger charge is 2.37. The van der Waals surface area contributed by atoms with Gasteiger partial charge in [0, 0.05) is 17.8 Å². The second kappa shape index (κ2) is 6.31. The third kappa shape index (κ3) is 4.15. The molecule has 1 aliphatic rings. The van der Waals surface area contributed by atoms with E-state index in [0.717, 1.165) is 25.7 Å². The molecule has 1 aliphatic carbocycles. The molecule has 0 radical (unpaired) electrons. The number of Topliss-reactive ketones (excluding diaryl/α,β-unsaturated/α-hetero) is 2. The molecule has 19 heavy (non-hydrogen) atoms. The van der Waals surface area contributed by atoms with Gasteiger partial charge in [-0.1, -0.05) is 33.6 Å². The quantitative estimate of drug-likeness (QED) is 0.568. The van der Waals surface area contributed by atoms with Gasteiger partial charge in [-0.3, -0.25) is 14.4 Å². The summed E-state index contributed by atoms with van der Waals surface area (Å²) >= 11 is 0. The Balaban J connectivity index is 2.80. The summed E-state index contributed by atoms with van der Waals surface area (Å²) in [5.41, 5.74) is -0.539. The van der Waals surface area contributed by atoms with Crippen molar-refractivity contribution in [2.75, 3.05) is 7.11 Å². The number of rotatable bonds is 5. The lowest BCUT2D eigenvalue weighted by Gasteiger charge is -2.21. The molecule has 0 aromatic rings. The zero-order chi connectivity index (χ0) is 14.6. The minimum absolute atomic E-state index is 0.0362. The Morgan fingerprint density at radius 3 is 2.11 bits per heavy atom. The van der Waals surface area contributed by atoms with Gasteiger partial charge in [-0.25, -0.2) is 0 Å². The van der Waals surface area contributed by atoms with Crippen LogP contribution in [0.5, 0.6) is 0 Å². The number of carbonyl (C=O) groups excluding carboxylic acids is 3. The van der Waals surface area contributed by atoms with Gasteiger partial charge in [0.25, 0.3) is 0 Å². The van der Waals surface area contributed by atoms with Gasteiger partial charge in [0.15, 0.2) is 5.78 Å². The fourth-order valence-corrected chi connectivity index (χ4v) is 2.43. The minimum Gasteiger partial charge on any atom is -0.468 e. The first-order valence-corrected chi connectivity index (χ1v) is 6.92. The third-order valence-electron chi connectivity index (χ3n) is 3.81. The van der Waals surface area contributed by atoms with E-state index in [1.165, 1.54) is 7.11 Å². The number of hydrogen-bond acceptors (Lipinski definition) is 4. The largest absolute Gasteiger partial charge is 0.468 e. The van der Waals surface area contributed by atoms with Gasteiger partial charge in [0.2, 0.25) is 0 Å². The first kappa shape index (κ1) is 15.9. The molecule has 0 aromatic carbocycles. The van der Waals surface area contributed by atoms with E-state index >= 15 is 0 Å². The van der Waals surface area contributed by atoms with Gasteiger partial charge in [-0.05, 0) is 12.8 Å². The summed E-state index contributed by atoms with van der Waals surface area (Å²) in [4.78, 5) is 36.2. The SMILES string of the molecule is COC(=O)C(CC(=O)C(C)(C)C)C(=O)C1CCCC1. The van der Waals surface area contributed by atoms with Crippen LogP contribution in [-0.2, 0) is 19.1 Å². The molecule has 1 saturated carbocycles. The minimum atomic E-state index is -0.917. The van der Waals surface area contributed by atoms with E-state index in [-0.39, 0.29) is 23.9 Å². The molecule has 0 aliphatic heterocycles. The number of ether oxygens (including phenoxy) is 1. The monoisotopic (exact) mass is 268 g/mol. The predicted molar refractivity (Wildman–Crippen MR) is 71.6 cm³/mol. The lowest BCUT2D eigenvalue weighted by atomic mass is 9.81. The summed E-state index contributed by atoms with van der Waals surface area (Å²) in [6, 6.07) is 0. The molecule has 0 spiro atoms. The summed E-state index contributed by atoms with van der Waals surface area (Å²) in [6.07, 6.45) is 3.67. The summed E-state index contributed by atoms with van der Waals surface area (Å²) in [5, 5.41) is 0. The van der Waals surface area contributed by atoms with Crippen molar-refractivity contribution in [3.63, 3.8) is 0 Å². The van der Waals surface area contributed by atoms with Gasteiger partial charge in [-0.15, -0.1) is 0 Å². The maximum atomic E-state index is 12.4. The molecular weight excluding hydrogens is 244 g/mol. The number of carbonyl (C=O) groups is 3. The van der Waals surface area contributed by atoms with Gasteiger partial charge in [0.05, 0.1) is 7.11 Å². The number of ketones is 2. The van der Waals surface area contributed by atoms with Crippen molar-refractivity contribution in [2.24, 2.45) is 17.3 Å². The van der Waals surface area contributed by atoms with Crippen LogP contribution in [0.3, 0.4) is 0 Å². The van der Waals surface area contributed by atoms with Crippen LogP contribution in [-0.4, -0.2) is 24.6 Å². The van der Waals surface area contributed by atoms with Gasteiger partial charge < -0.3 is 4.74 Å². The van der Waals surface area contributed by atoms with Crippen LogP contribution in [0.15, 0.2) is 0 Å². The molecular formula is C15H24O4. The van der Waals surface area contributed by atoms with E-state index < -0.39 is 17.3 Å². The Morgan fingerprint density at radius 2 is 1.68 bits per heavy atom. The molecule has 4 nitrogen and oxygen atoms in total. The van der Waals surface area contributed by atoms with Crippen molar-refractivity contribution < 1.29 is 19.1 Å². The highest BCUT2D eigenvalue weighted by atomic mass is 16.5. The summed E-state index contributed by atoms with van der Waals surface area (Å²) in [7, 11) is 1.26. The molecule has 0 saturated heterocycles. The normalized spacial score (nSPS) is 18.1. The summed E-state index contributed by atoms with van der Waals surface area (Å²) in [6.45, 7) is 5.39. The summed E-state index contributed by atoms with van der Waals surface area (Å²) < 4.78 is 4.69. The van der Waals surface area contributed by atoms with Crippen molar-refractivity contribution in [3.05, 3.63) is 0 Å². The molecule has 0 bridgehead atoms. The smallest absolute Gasteiger partial charge is 0.316 e. The van der Waals surface area contributed by atoms with Crippen molar-refractivity contribution in [1.82, 2.24) is 0 Å². The van der Waals surface area contributed by atoms with Crippen molar-refractivity contribution >= 4 is 17.5 Å². The molecule has 1 rings (SSSR count). The van der Waals surface area contributed by atoms with E-state index in [4.69, 9.17) is 4.74 Å². The summed E-state index contributed by atoms with van der Waals surface area (Å²) in [5.74, 6) is -1.75. The second-order valence-electron chi connectivity index (χ2n) is 6.34. The van der Waals surface area contributed by atoms with Crippen molar-refractivity contribution in [3.8, 4) is 0 Å². The Kier molecular flexibility index (Phi) is 5.27. The predicted octanol–water partition coefficient (Wildman–Crippen LogP) is 2.54. The average Bonchev–Trinajstić information content (AvgIpc) is 2.86. The molecule has 1 atom stereocenters. The maximum Gasteiger partial charge on any atom is 0.316 e. The van der Waals surface area contributed by atoms with Gasteiger partial charge in [0.1, 0.15) is 11.7 Å².